The Balaban J connectivity index is 2.49. The third-order valence-electron chi connectivity index (χ3n) is 2.01. The van der Waals surface area contributed by atoms with E-state index < -0.39 is 17.3 Å². The van der Waals surface area contributed by atoms with E-state index in [1.165, 1.54) is 12.3 Å². The number of hydrogen-bond acceptors (Lipinski definition) is 3. The van der Waals surface area contributed by atoms with Crippen LogP contribution in [0.1, 0.15) is 5.56 Å². The lowest BCUT2D eigenvalue weighted by molar-refractivity contribution is -0.138. The quantitative estimate of drug-likeness (QED) is 0.828. The summed E-state index contributed by atoms with van der Waals surface area (Å²) in [5.74, 6) is 0.00333. The molecule has 0 unspecified atom stereocenters. The van der Waals surface area contributed by atoms with E-state index in [-0.39, 0.29) is 5.82 Å². The molecule has 0 saturated carbocycles. The van der Waals surface area contributed by atoms with Crippen molar-refractivity contribution in [2.45, 2.75) is 6.18 Å². The van der Waals surface area contributed by atoms with Gasteiger partial charge in [0.15, 0.2) is 5.82 Å². The van der Waals surface area contributed by atoms with Crippen LogP contribution in [0.15, 0.2) is 35.4 Å². The Hall–Kier alpha value is -2.18. The first-order valence-electron chi connectivity index (χ1n) is 4.56. The lowest BCUT2D eigenvalue weighted by Crippen LogP contribution is -2.22. The normalized spacial score (nSPS) is 11.5. The zero-order chi connectivity index (χ0) is 12.5. The number of nitrogens with one attached hydrogen (secondary N) is 1. The molecule has 0 spiro atoms. The Morgan fingerprint density at radius 1 is 1.18 bits per heavy atom. The minimum Gasteiger partial charge on any atom is -0.305 e. The van der Waals surface area contributed by atoms with Crippen molar-refractivity contribution < 1.29 is 13.2 Å². The van der Waals surface area contributed by atoms with Crippen molar-refractivity contribution in [1.29, 1.82) is 0 Å². The number of halogens is 3. The van der Waals surface area contributed by atoms with E-state index in [1.807, 2.05) is 4.98 Å². The molecule has 2 heterocycles. The van der Waals surface area contributed by atoms with Gasteiger partial charge in [-0.1, -0.05) is 6.07 Å². The molecule has 88 valence electrons. The van der Waals surface area contributed by atoms with Crippen molar-refractivity contribution in [3.63, 3.8) is 0 Å². The predicted octanol–water partition coefficient (Wildman–Crippen LogP) is 1.85. The zero-order valence-electron chi connectivity index (χ0n) is 8.32. The molecule has 4 nitrogen and oxygen atoms in total. The molecule has 0 aliphatic rings. The van der Waals surface area contributed by atoms with Crippen LogP contribution in [0.2, 0.25) is 0 Å². The molecule has 0 saturated heterocycles. The topological polar surface area (TPSA) is 58.6 Å². The van der Waals surface area contributed by atoms with Gasteiger partial charge in [-0.3, -0.25) is 9.78 Å². The van der Waals surface area contributed by atoms with Crippen molar-refractivity contribution in [2.75, 3.05) is 0 Å². The van der Waals surface area contributed by atoms with Crippen molar-refractivity contribution in [2.24, 2.45) is 0 Å². The smallest absolute Gasteiger partial charge is 0.305 e. The first-order chi connectivity index (χ1) is 7.98. The molecule has 0 aromatic carbocycles. The summed E-state index contributed by atoms with van der Waals surface area (Å²) in [5, 5.41) is 0. The fraction of sp³-hybridized carbons (Fsp3) is 0.100. The largest absolute Gasteiger partial charge is 0.423 e. The number of pyridine rings is 1. The molecule has 0 aliphatic carbocycles. The monoisotopic (exact) mass is 241 g/mol. The van der Waals surface area contributed by atoms with E-state index in [2.05, 4.69) is 9.97 Å². The minimum absolute atomic E-state index is 0.00333. The van der Waals surface area contributed by atoms with Crippen LogP contribution in [-0.4, -0.2) is 15.0 Å². The van der Waals surface area contributed by atoms with E-state index >= 15 is 0 Å². The zero-order valence-corrected chi connectivity index (χ0v) is 8.32. The third kappa shape index (κ3) is 2.32. The van der Waals surface area contributed by atoms with Crippen LogP contribution in [0.5, 0.6) is 0 Å². The molecule has 17 heavy (non-hydrogen) atoms. The number of aromatic nitrogens is 3. The SMILES string of the molecule is O=c1[nH]c(-c2ccccn2)ncc1C(F)(F)F. The molecular formula is C10H6F3N3O. The molecular weight excluding hydrogens is 235 g/mol. The maximum Gasteiger partial charge on any atom is 0.423 e. The highest BCUT2D eigenvalue weighted by Gasteiger charge is 2.34. The van der Waals surface area contributed by atoms with Crippen LogP contribution >= 0.6 is 0 Å². The van der Waals surface area contributed by atoms with Gasteiger partial charge < -0.3 is 4.98 Å². The van der Waals surface area contributed by atoms with E-state index in [0.29, 0.717) is 11.9 Å². The number of H-pyrrole nitrogens is 1. The second-order valence-corrected chi connectivity index (χ2v) is 3.19. The molecule has 0 fully saturated rings. The lowest BCUT2D eigenvalue weighted by Gasteiger charge is -2.05. The summed E-state index contributed by atoms with van der Waals surface area (Å²) in [4.78, 5) is 20.7. The molecule has 0 aliphatic heterocycles. The van der Waals surface area contributed by atoms with Crippen molar-refractivity contribution >= 4 is 0 Å². The highest BCUT2D eigenvalue weighted by Crippen LogP contribution is 2.25. The number of aromatic amines is 1. The van der Waals surface area contributed by atoms with Crippen LogP contribution in [-0.2, 0) is 6.18 Å². The summed E-state index contributed by atoms with van der Waals surface area (Å²) < 4.78 is 36.9. The molecule has 0 atom stereocenters. The summed E-state index contributed by atoms with van der Waals surface area (Å²) in [6.45, 7) is 0. The summed E-state index contributed by atoms with van der Waals surface area (Å²) in [6.07, 6.45) is -2.75. The summed E-state index contributed by atoms with van der Waals surface area (Å²) in [7, 11) is 0. The summed E-state index contributed by atoms with van der Waals surface area (Å²) >= 11 is 0. The lowest BCUT2D eigenvalue weighted by atomic mass is 10.3. The highest BCUT2D eigenvalue weighted by molar-refractivity contribution is 5.47. The van der Waals surface area contributed by atoms with E-state index in [4.69, 9.17) is 0 Å². The Morgan fingerprint density at radius 3 is 2.47 bits per heavy atom. The van der Waals surface area contributed by atoms with Gasteiger partial charge in [-0.2, -0.15) is 13.2 Å². The van der Waals surface area contributed by atoms with Crippen LogP contribution < -0.4 is 5.56 Å². The fourth-order valence-corrected chi connectivity index (χ4v) is 1.23. The van der Waals surface area contributed by atoms with Crippen LogP contribution in [0.3, 0.4) is 0 Å². The molecule has 0 amide bonds. The van der Waals surface area contributed by atoms with Crippen molar-refractivity contribution in [3.05, 3.63) is 46.5 Å². The molecule has 1 N–H and O–H groups in total. The first kappa shape index (κ1) is 11.3. The third-order valence-corrected chi connectivity index (χ3v) is 2.01. The number of rotatable bonds is 1. The Labute approximate surface area is 93.2 Å². The van der Waals surface area contributed by atoms with Crippen LogP contribution in [0, 0.1) is 0 Å². The molecule has 0 radical (unpaired) electrons. The van der Waals surface area contributed by atoms with Gasteiger partial charge in [-0.05, 0) is 12.1 Å². The molecule has 2 rings (SSSR count). The van der Waals surface area contributed by atoms with Crippen LogP contribution in [0.4, 0.5) is 13.2 Å². The average molecular weight is 241 g/mol. The van der Waals surface area contributed by atoms with Crippen molar-refractivity contribution in [3.8, 4) is 11.5 Å². The van der Waals surface area contributed by atoms with Crippen LogP contribution in [0.25, 0.3) is 11.5 Å². The molecule has 0 bridgehead atoms. The fourth-order valence-electron chi connectivity index (χ4n) is 1.23. The van der Waals surface area contributed by atoms with Gasteiger partial charge in [0.2, 0.25) is 0 Å². The number of alkyl halides is 3. The second-order valence-electron chi connectivity index (χ2n) is 3.19. The van der Waals surface area contributed by atoms with E-state index in [0.717, 1.165) is 0 Å². The maximum atomic E-state index is 12.3. The highest BCUT2D eigenvalue weighted by atomic mass is 19.4. The standard InChI is InChI=1S/C10H6F3N3O/c11-10(12,13)6-5-15-8(16-9(6)17)7-3-1-2-4-14-7/h1-5H,(H,15,16,17). The summed E-state index contributed by atoms with van der Waals surface area (Å²) in [6, 6.07) is 4.82. The van der Waals surface area contributed by atoms with E-state index in [9.17, 15) is 18.0 Å². The van der Waals surface area contributed by atoms with Crippen molar-refractivity contribution in [1.82, 2.24) is 15.0 Å². The minimum atomic E-state index is -4.71. The maximum absolute atomic E-state index is 12.3. The Kier molecular flexibility index (Phi) is 2.66. The van der Waals surface area contributed by atoms with Gasteiger partial charge in [0.25, 0.3) is 5.56 Å². The number of nitrogens with zero attached hydrogens (tertiary/aromatic N) is 2. The average Bonchev–Trinajstić information content (AvgIpc) is 2.28. The Bertz CT molecular complexity index is 577. The first-order valence-corrected chi connectivity index (χ1v) is 4.56. The van der Waals surface area contributed by atoms with Gasteiger partial charge in [-0.15, -0.1) is 0 Å². The molecule has 2 aromatic rings. The Morgan fingerprint density at radius 2 is 1.94 bits per heavy atom. The van der Waals surface area contributed by atoms with E-state index in [1.54, 1.807) is 12.1 Å². The second kappa shape index (κ2) is 4.00. The van der Waals surface area contributed by atoms with Gasteiger partial charge in [0, 0.05) is 12.4 Å². The van der Waals surface area contributed by atoms with Gasteiger partial charge in [0.1, 0.15) is 11.3 Å². The van der Waals surface area contributed by atoms with Gasteiger partial charge in [-0.25, -0.2) is 4.98 Å². The summed E-state index contributed by atoms with van der Waals surface area (Å²) in [5.41, 5.74) is -2.25. The predicted molar refractivity (Wildman–Crippen MR) is 53.1 cm³/mol. The molecule has 2 aromatic heterocycles. The van der Waals surface area contributed by atoms with Gasteiger partial charge >= 0.3 is 6.18 Å². The van der Waals surface area contributed by atoms with Gasteiger partial charge in [0.05, 0.1) is 0 Å². The number of hydrogen-bond donors (Lipinski definition) is 1. The molecule has 7 heteroatoms.